The lowest BCUT2D eigenvalue weighted by Crippen LogP contribution is -2.52. The average Bonchev–Trinajstić information content (AvgIpc) is 2.70. The molecule has 1 aromatic heterocycles. The van der Waals surface area contributed by atoms with Gasteiger partial charge in [0.15, 0.2) is 6.17 Å². The lowest BCUT2D eigenvalue weighted by atomic mass is 10.1. The van der Waals surface area contributed by atoms with Crippen LogP contribution in [0.3, 0.4) is 0 Å². The van der Waals surface area contributed by atoms with Crippen molar-refractivity contribution in [2.45, 2.75) is 18.0 Å². The quantitative estimate of drug-likeness (QED) is 0.710. The summed E-state index contributed by atoms with van der Waals surface area (Å²) in [6.07, 6.45) is -0.791. The molecule has 0 spiro atoms. The average molecular weight is 394 g/mol. The van der Waals surface area contributed by atoms with E-state index >= 15 is 0 Å². The van der Waals surface area contributed by atoms with Crippen molar-refractivity contribution in [1.29, 1.82) is 0 Å². The van der Waals surface area contributed by atoms with Crippen molar-refractivity contribution in [3.8, 4) is 0 Å². The smallest absolute Gasteiger partial charge is 0.273 e. The van der Waals surface area contributed by atoms with Crippen LogP contribution in [0.1, 0.15) is 27.9 Å². The zero-order valence-electron chi connectivity index (χ0n) is 15.0. The van der Waals surface area contributed by atoms with Gasteiger partial charge < -0.3 is 5.32 Å². The molecule has 2 heterocycles. The predicted octanol–water partition coefficient (Wildman–Crippen LogP) is 2.85. The number of hydrogen-bond acceptors (Lipinski definition) is 5. The summed E-state index contributed by atoms with van der Waals surface area (Å²) < 4.78 is 25.7. The third-order valence-electron chi connectivity index (χ3n) is 4.39. The Bertz CT molecular complexity index is 1130. The lowest BCUT2D eigenvalue weighted by Gasteiger charge is -2.37. The third-order valence-corrected chi connectivity index (χ3v) is 5.72. The summed E-state index contributed by atoms with van der Waals surface area (Å²) in [6, 6.07) is 20.3. The van der Waals surface area contributed by atoms with Crippen molar-refractivity contribution in [3.63, 3.8) is 0 Å². The summed E-state index contributed by atoms with van der Waals surface area (Å²) in [5, 5.41) is 4.29. The van der Waals surface area contributed by atoms with Crippen LogP contribution in [-0.4, -0.2) is 24.3 Å². The van der Waals surface area contributed by atoms with Gasteiger partial charge >= 0.3 is 0 Å². The summed E-state index contributed by atoms with van der Waals surface area (Å²) in [7, 11) is -3.96. The van der Waals surface area contributed by atoms with Crippen LogP contribution in [0.2, 0.25) is 0 Å². The number of benzene rings is 2. The molecule has 1 atom stereocenters. The fourth-order valence-electron chi connectivity index (χ4n) is 3.05. The molecule has 7 nitrogen and oxygen atoms in total. The van der Waals surface area contributed by atoms with Crippen LogP contribution in [0.5, 0.6) is 0 Å². The molecule has 3 aromatic rings. The van der Waals surface area contributed by atoms with E-state index in [0.29, 0.717) is 16.9 Å². The minimum Gasteiger partial charge on any atom is -0.358 e. The van der Waals surface area contributed by atoms with Gasteiger partial charge in [0.05, 0.1) is 16.2 Å². The van der Waals surface area contributed by atoms with Crippen molar-refractivity contribution in [2.75, 3.05) is 5.32 Å². The van der Waals surface area contributed by atoms with Crippen LogP contribution >= 0.6 is 0 Å². The van der Waals surface area contributed by atoms with E-state index in [4.69, 9.17) is 0 Å². The molecule has 1 aliphatic heterocycles. The zero-order valence-corrected chi connectivity index (χ0v) is 15.8. The van der Waals surface area contributed by atoms with Crippen LogP contribution < -0.4 is 10.1 Å². The molecule has 8 heteroatoms. The van der Waals surface area contributed by atoms with Gasteiger partial charge in [0, 0.05) is 11.4 Å². The minimum absolute atomic E-state index is 0.0672. The van der Waals surface area contributed by atoms with Gasteiger partial charge in [0.25, 0.3) is 15.9 Å². The Labute approximate surface area is 163 Å². The van der Waals surface area contributed by atoms with E-state index < -0.39 is 22.1 Å². The summed E-state index contributed by atoms with van der Waals surface area (Å²) >= 11 is 0. The van der Waals surface area contributed by atoms with Crippen LogP contribution in [0.15, 0.2) is 77.7 Å². The number of aromatic nitrogens is 1. The lowest BCUT2D eigenvalue weighted by molar-refractivity contribution is 0.0628. The van der Waals surface area contributed by atoms with E-state index in [9.17, 15) is 13.2 Å². The molecule has 0 aliphatic carbocycles. The van der Waals surface area contributed by atoms with Gasteiger partial charge in [-0.05, 0) is 43.3 Å². The third kappa shape index (κ3) is 3.35. The van der Waals surface area contributed by atoms with Gasteiger partial charge in [-0.15, -0.1) is 4.83 Å². The molecule has 0 saturated heterocycles. The molecule has 0 bridgehead atoms. The monoisotopic (exact) mass is 394 g/mol. The Morgan fingerprint density at radius 1 is 0.964 bits per heavy atom. The van der Waals surface area contributed by atoms with Gasteiger partial charge in [0.1, 0.15) is 0 Å². The van der Waals surface area contributed by atoms with Crippen molar-refractivity contribution in [3.05, 3.63) is 89.7 Å². The van der Waals surface area contributed by atoms with E-state index in [1.165, 1.54) is 12.1 Å². The maximum Gasteiger partial charge on any atom is 0.273 e. The molecule has 4 rings (SSSR count). The number of amides is 1. The largest absolute Gasteiger partial charge is 0.358 e. The van der Waals surface area contributed by atoms with Gasteiger partial charge in [0.2, 0.25) is 0 Å². The highest BCUT2D eigenvalue weighted by molar-refractivity contribution is 7.89. The van der Waals surface area contributed by atoms with Gasteiger partial charge in [-0.1, -0.05) is 36.4 Å². The summed E-state index contributed by atoms with van der Waals surface area (Å²) in [5.74, 6) is -0.456. The number of aryl methyl sites for hydroxylation is 1. The van der Waals surface area contributed by atoms with Crippen LogP contribution in [0.25, 0.3) is 0 Å². The van der Waals surface area contributed by atoms with Crippen molar-refractivity contribution in [2.24, 2.45) is 0 Å². The molecule has 28 heavy (non-hydrogen) atoms. The van der Waals surface area contributed by atoms with Gasteiger partial charge in [-0.25, -0.2) is 13.4 Å². The topological polar surface area (TPSA) is 91.4 Å². The SMILES string of the molecule is Cc1cccc([C@@H]2Nc3ccccc3C(=O)N2NS(=O)(=O)c2ccccc2)n1. The molecule has 0 saturated carbocycles. The summed E-state index contributed by atoms with van der Waals surface area (Å²) in [5.41, 5.74) is 2.29. The number of para-hydroxylation sites is 1. The first-order valence-corrected chi connectivity index (χ1v) is 10.1. The number of nitrogens with one attached hydrogen (secondary N) is 2. The maximum atomic E-state index is 13.1. The number of pyridine rings is 1. The Morgan fingerprint density at radius 2 is 1.68 bits per heavy atom. The fraction of sp³-hybridized carbons (Fsp3) is 0.100. The maximum absolute atomic E-state index is 13.1. The number of carbonyl (C=O) groups is 1. The highest BCUT2D eigenvalue weighted by atomic mass is 32.2. The number of nitrogens with zero attached hydrogens (tertiary/aromatic N) is 2. The molecule has 0 fully saturated rings. The van der Waals surface area contributed by atoms with E-state index in [1.54, 1.807) is 42.5 Å². The molecule has 142 valence electrons. The Kier molecular flexibility index (Phi) is 4.58. The molecule has 2 aromatic carbocycles. The zero-order chi connectivity index (χ0) is 19.7. The van der Waals surface area contributed by atoms with E-state index in [0.717, 1.165) is 10.7 Å². The molecule has 1 amide bonds. The van der Waals surface area contributed by atoms with Crippen molar-refractivity contribution in [1.82, 2.24) is 14.8 Å². The van der Waals surface area contributed by atoms with Crippen LogP contribution in [0, 0.1) is 6.92 Å². The van der Waals surface area contributed by atoms with Gasteiger partial charge in [-0.3, -0.25) is 9.78 Å². The first kappa shape index (κ1) is 18.1. The minimum atomic E-state index is -3.96. The highest BCUT2D eigenvalue weighted by Crippen LogP contribution is 2.31. The summed E-state index contributed by atoms with van der Waals surface area (Å²) in [4.78, 5) is 20.1. The molecule has 0 radical (unpaired) electrons. The number of hydrazine groups is 1. The number of sulfonamides is 1. The number of hydrogen-bond donors (Lipinski definition) is 2. The van der Waals surface area contributed by atoms with E-state index in [1.807, 2.05) is 25.1 Å². The number of anilines is 1. The second-order valence-electron chi connectivity index (χ2n) is 6.38. The van der Waals surface area contributed by atoms with E-state index in [2.05, 4.69) is 15.1 Å². The molecule has 1 aliphatic rings. The van der Waals surface area contributed by atoms with Crippen LogP contribution in [0.4, 0.5) is 5.69 Å². The molecular weight excluding hydrogens is 376 g/mol. The number of rotatable bonds is 4. The molecule has 2 N–H and O–H groups in total. The second-order valence-corrected chi connectivity index (χ2v) is 8.04. The predicted molar refractivity (Wildman–Crippen MR) is 105 cm³/mol. The Hall–Kier alpha value is -3.23. The fourth-order valence-corrected chi connectivity index (χ4v) is 4.12. The van der Waals surface area contributed by atoms with Crippen LogP contribution in [-0.2, 0) is 10.0 Å². The highest BCUT2D eigenvalue weighted by Gasteiger charge is 2.36. The number of carbonyl (C=O) groups excluding carboxylic acids is 1. The Morgan fingerprint density at radius 3 is 2.43 bits per heavy atom. The standard InChI is InChI=1S/C20H18N4O3S/c1-14-8-7-13-18(21-14)19-22-17-12-6-5-11-16(17)20(25)24(19)23-28(26,27)15-9-3-2-4-10-15/h2-13,19,22-23H,1H3/t19-/m1/s1. The first-order valence-electron chi connectivity index (χ1n) is 8.66. The van der Waals surface area contributed by atoms with Crippen molar-refractivity contribution >= 4 is 21.6 Å². The Balaban J connectivity index is 1.78. The summed E-state index contributed by atoms with van der Waals surface area (Å²) in [6.45, 7) is 1.83. The van der Waals surface area contributed by atoms with Gasteiger partial charge in [-0.2, -0.15) is 0 Å². The molecule has 0 unspecified atom stereocenters. The first-order chi connectivity index (χ1) is 13.5. The molecular formula is C20H18N4O3S. The number of fused-ring (bicyclic) bond motifs is 1. The van der Waals surface area contributed by atoms with Crippen molar-refractivity contribution < 1.29 is 13.2 Å². The normalized spacial score (nSPS) is 16.4. The second kappa shape index (κ2) is 7.06. The van der Waals surface area contributed by atoms with E-state index in [-0.39, 0.29) is 4.90 Å².